The molecule has 0 aromatic heterocycles. The highest BCUT2D eigenvalue weighted by molar-refractivity contribution is 7.89. The summed E-state index contributed by atoms with van der Waals surface area (Å²) in [7, 11) is -3.62. The number of hydrogen-bond donors (Lipinski definition) is 1. The third-order valence-corrected chi connectivity index (χ3v) is 3.70. The average molecular weight is 254 g/mol. The minimum absolute atomic E-state index is 0.305. The van der Waals surface area contributed by atoms with Gasteiger partial charge in [0.1, 0.15) is 0 Å². The van der Waals surface area contributed by atoms with Crippen molar-refractivity contribution in [1.82, 2.24) is 0 Å². The van der Waals surface area contributed by atoms with Gasteiger partial charge in [-0.05, 0) is 24.6 Å². The van der Waals surface area contributed by atoms with Crippen LogP contribution in [0.1, 0.15) is 17.7 Å². The Kier molecular flexibility index (Phi) is 3.42. The average Bonchev–Trinajstić information content (AvgIpc) is 2.01. The van der Waals surface area contributed by atoms with Crippen LogP contribution in [0.5, 0.6) is 0 Å². The zero-order valence-corrected chi connectivity index (χ0v) is 9.70. The molecule has 6 heteroatoms. The molecule has 3 nitrogen and oxygen atoms in total. The minimum Gasteiger partial charge on any atom is -0.228 e. The summed E-state index contributed by atoms with van der Waals surface area (Å²) in [5.74, 6) is 0. The number of primary sulfonamides is 1. The molecule has 1 aromatic rings. The van der Waals surface area contributed by atoms with Crippen LogP contribution in [0.15, 0.2) is 18.2 Å². The predicted octanol–water partition coefficient (Wildman–Crippen LogP) is 2.34. The summed E-state index contributed by atoms with van der Waals surface area (Å²) >= 11 is 11.5. The van der Waals surface area contributed by atoms with Gasteiger partial charge in [-0.1, -0.05) is 29.3 Å². The number of rotatable bonds is 2. The first-order valence-electron chi connectivity index (χ1n) is 3.79. The van der Waals surface area contributed by atoms with Crippen LogP contribution in [0.4, 0.5) is 0 Å². The van der Waals surface area contributed by atoms with Crippen LogP contribution >= 0.6 is 23.2 Å². The van der Waals surface area contributed by atoms with E-state index >= 15 is 0 Å². The molecule has 0 radical (unpaired) electrons. The summed E-state index contributed by atoms with van der Waals surface area (Å²) in [5.41, 5.74) is 0.457. The third kappa shape index (κ3) is 2.60. The van der Waals surface area contributed by atoms with Crippen LogP contribution < -0.4 is 5.14 Å². The predicted molar refractivity (Wildman–Crippen MR) is 58.0 cm³/mol. The molecule has 0 aliphatic heterocycles. The first-order chi connectivity index (χ1) is 6.32. The van der Waals surface area contributed by atoms with Gasteiger partial charge in [-0.25, -0.2) is 13.6 Å². The van der Waals surface area contributed by atoms with Crippen molar-refractivity contribution >= 4 is 33.2 Å². The molecule has 0 aliphatic rings. The molecule has 1 rings (SSSR count). The molecule has 0 saturated heterocycles. The number of hydrogen-bond acceptors (Lipinski definition) is 2. The van der Waals surface area contributed by atoms with Gasteiger partial charge in [-0.15, -0.1) is 0 Å². The monoisotopic (exact) mass is 253 g/mol. The topological polar surface area (TPSA) is 60.2 Å². The Morgan fingerprint density at radius 2 is 1.93 bits per heavy atom. The number of halogens is 2. The van der Waals surface area contributed by atoms with E-state index in [-0.39, 0.29) is 0 Å². The molecule has 14 heavy (non-hydrogen) atoms. The van der Waals surface area contributed by atoms with E-state index in [9.17, 15) is 8.42 Å². The van der Waals surface area contributed by atoms with Gasteiger partial charge in [0.25, 0.3) is 0 Å². The van der Waals surface area contributed by atoms with E-state index in [2.05, 4.69) is 0 Å². The molecule has 0 saturated carbocycles. The number of benzene rings is 1. The Hall–Kier alpha value is -0.290. The quantitative estimate of drug-likeness (QED) is 0.880. The zero-order valence-electron chi connectivity index (χ0n) is 7.37. The van der Waals surface area contributed by atoms with Crippen molar-refractivity contribution in [3.05, 3.63) is 33.8 Å². The summed E-state index contributed by atoms with van der Waals surface area (Å²) < 4.78 is 22.1. The van der Waals surface area contributed by atoms with Crippen LogP contribution in [-0.4, -0.2) is 8.42 Å². The molecule has 0 unspecified atom stereocenters. The van der Waals surface area contributed by atoms with Gasteiger partial charge in [0.05, 0.1) is 5.25 Å². The Labute approximate surface area is 92.9 Å². The van der Waals surface area contributed by atoms with Crippen molar-refractivity contribution in [2.75, 3.05) is 0 Å². The van der Waals surface area contributed by atoms with Crippen LogP contribution in [0.2, 0.25) is 10.0 Å². The van der Waals surface area contributed by atoms with Gasteiger partial charge < -0.3 is 0 Å². The Morgan fingerprint density at radius 1 is 1.36 bits per heavy atom. The summed E-state index contributed by atoms with van der Waals surface area (Å²) in [6.45, 7) is 1.48. The second kappa shape index (κ2) is 4.06. The maximum Gasteiger partial charge on any atom is 0.215 e. The maximum absolute atomic E-state index is 11.1. The molecule has 1 aromatic carbocycles. The second-order valence-electron chi connectivity index (χ2n) is 2.90. The van der Waals surface area contributed by atoms with E-state index in [1.54, 1.807) is 12.1 Å². The van der Waals surface area contributed by atoms with Gasteiger partial charge in [0.15, 0.2) is 0 Å². The molecule has 0 spiro atoms. The number of sulfonamides is 1. The summed E-state index contributed by atoms with van der Waals surface area (Å²) in [4.78, 5) is 0. The molecule has 0 bridgehead atoms. The molecule has 0 aliphatic carbocycles. The molecule has 0 heterocycles. The summed E-state index contributed by atoms with van der Waals surface area (Å²) in [5, 5.41) is 4.94. The van der Waals surface area contributed by atoms with Crippen molar-refractivity contribution < 1.29 is 8.42 Å². The largest absolute Gasteiger partial charge is 0.228 e. The van der Waals surface area contributed by atoms with Crippen molar-refractivity contribution in [3.8, 4) is 0 Å². The van der Waals surface area contributed by atoms with Gasteiger partial charge in [-0.2, -0.15) is 0 Å². The lowest BCUT2D eigenvalue weighted by Crippen LogP contribution is -2.19. The van der Waals surface area contributed by atoms with E-state index in [1.165, 1.54) is 13.0 Å². The SMILES string of the molecule is C[C@@H](c1ccc(Cl)cc1Cl)S(N)(=O)=O. The van der Waals surface area contributed by atoms with Crippen LogP contribution in [0.25, 0.3) is 0 Å². The fraction of sp³-hybridized carbons (Fsp3) is 0.250. The smallest absolute Gasteiger partial charge is 0.215 e. The first kappa shape index (κ1) is 11.8. The Bertz CT molecular complexity index is 445. The fourth-order valence-electron chi connectivity index (χ4n) is 1.01. The lowest BCUT2D eigenvalue weighted by molar-refractivity contribution is 0.588. The maximum atomic E-state index is 11.1. The summed E-state index contributed by atoms with van der Waals surface area (Å²) in [6.07, 6.45) is 0. The Balaban J connectivity index is 3.21. The van der Waals surface area contributed by atoms with Gasteiger partial charge in [0.2, 0.25) is 10.0 Å². The van der Waals surface area contributed by atoms with Crippen LogP contribution in [-0.2, 0) is 10.0 Å². The molecule has 0 fully saturated rings. The molecule has 0 amide bonds. The van der Waals surface area contributed by atoms with Gasteiger partial charge in [0, 0.05) is 10.0 Å². The molecular formula is C8H9Cl2NO2S. The lowest BCUT2D eigenvalue weighted by atomic mass is 10.2. The highest BCUT2D eigenvalue weighted by Gasteiger charge is 2.20. The second-order valence-corrected chi connectivity index (χ2v) is 5.63. The molecule has 78 valence electrons. The Morgan fingerprint density at radius 3 is 2.36 bits per heavy atom. The lowest BCUT2D eigenvalue weighted by Gasteiger charge is -2.11. The summed E-state index contributed by atoms with van der Waals surface area (Å²) in [6, 6.07) is 4.62. The van der Waals surface area contributed by atoms with Crippen molar-refractivity contribution in [3.63, 3.8) is 0 Å². The van der Waals surface area contributed by atoms with E-state index in [0.717, 1.165) is 0 Å². The normalized spacial score (nSPS) is 14.0. The standard InChI is InChI=1S/C8H9Cl2NO2S/c1-5(14(11,12)13)7-3-2-6(9)4-8(7)10/h2-5H,1H3,(H2,11,12,13)/t5-/m0/s1. The highest BCUT2D eigenvalue weighted by Crippen LogP contribution is 2.29. The van der Waals surface area contributed by atoms with Crippen LogP contribution in [0.3, 0.4) is 0 Å². The third-order valence-electron chi connectivity index (χ3n) is 1.89. The fourth-order valence-corrected chi connectivity index (χ4v) is 2.20. The molecule has 2 N–H and O–H groups in total. The van der Waals surface area contributed by atoms with Gasteiger partial charge in [-0.3, -0.25) is 0 Å². The van der Waals surface area contributed by atoms with Crippen molar-refractivity contribution in [1.29, 1.82) is 0 Å². The van der Waals surface area contributed by atoms with E-state index in [4.69, 9.17) is 28.3 Å². The van der Waals surface area contributed by atoms with Gasteiger partial charge >= 0.3 is 0 Å². The van der Waals surface area contributed by atoms with E-state index < -0.39 is 15.3 Å². The number of nitrogens with two attached hydrogens (primary N) is 1. The highest BCUT2D eigenvalue weighted by atomic mass is 35.5. The van der Waals surface area contributed by atoms with Crippen LogP contribution in [0, 0.1) is 0 Å². The van der Waals surface area contributed by atoms with Crippen molar-refractivity contribution in [2.45, 2.75) is 12.2 Å². The van der Waals surface area contributed by atoms with E-state index in [0.29, 0.717) is 15.6 Å². The van der Waals surface area contributed by atoms with Crippen molar-refractivity contribution in [2.24, 2.45) is 5.14 Å². The minimum atomic E-state index is -3.62. The molecular weight excluding hydrogens is 245 g/mol. The molecule has 1 atom stereocenters. The first-order valence-corrected chi connectivity index (χ1v) is 6.15. The van der Waals surface area contributed by atoms with E-state index in [1.807, 2.05) is 0 Å². The zero-order chi connectivity index (χ0) is 10.9.